The van der Waals surface area contributed by atoms with E-state index in [1.807, 2.05) is 0 Å². The molecule has 4 nitrogen and oxygen atoms in total. The molecular formula is C21H36N2O2. The van der Waals surface area contributed by atoms with E-state index in [1.54, 1.807) is 0 Å². The van der Waals surface area contributed by atoms with E-state index < -0.39 is 0 Å². The van der Waals surface area contributed by atoms with Gasteiger partial charge in [-0.1, -0.05) is 12.8 Å². The van der Waals surface area contributed by atoms with Gasteiger partial charge in [-0.25, -0.2) is 0 Å². The van der Waals surface area contributed by atoms with Gasteiger partial charge in [-0.2, -0.15) is 0 Å². The second-order valence-electron chi connectivity index (χ2n) is 8.92. The molecule has 0 spiro atoms. The number of carbonyl (C=O) groups is 2. The van der Waals surface area contributed by atoms with E-state index in [1.165, 1.54) is 25.7 Å². The Labute approximate surface area is 153 Å². The molecule has 3 rings (SSSR count). The molecule has 3 fully saturated rings. The van der Waals surface area contributed by atoms with Crippen molar-refractivity contribution in [3.63, 3.8) is 0 Å². The van der Waals surface area contributed by atoms with Crippen LogP contribution in [0.3, 0.4) is 0 Å². The van der Waals surface area contributed by atoms with Gasteiger partial charge in [0, 0.05) is 38.0 Å². The minimum absolute atomic E-state index is 0.0670. The zero-order valence-corrected chi connectivity index (χ0v) is 16.3. The molecule has 0 bridgehead atoms. The molecule has 0 aromatic heterocycles. The lowest BCUT2D eigenvalue weighted by molar-refractivity contribution is -0.140. The van der Waals surface area contributed by atoms with Crippen molar-refractivity contribution < 1.29 is 9.59 Å². The van der Waals surface area contributed by atoms with E-state index in [-0.39, 0.29) is 5.41 Å². The molecule has 0 aromatic rings. The zero-order valence-electron chi connectivity index (χ0n) is 16.3. The quantitative estimate of drug-likeness (QED) is 0.766. The molecule has 2 aliphatic heterocycles. The fourth-order valence-corrected chi connectivity index (χ4v) is 5.32. The van der Waals surface area contributed by atoms with Gasteiger partial charge in [0.05, 0.1) is 0 Å². The normalized spacial score (nSPS) is 29.7. The number of hydrogen-bond acceptors (Lipinski definition) is 2. The minimum atomic E-state index is -0.0670. The van der Waals surface area contributed by atoms with Crippen LogP contribution in [0.1, 0.15) is 90.9 Å². The fraction of sp³-hybridized carbons (Fsp3) is 0.905. The molecule has 142 valence electrons. The Kier molecular flexibility index (Phi) is 6.06. The first-order chi connectivity index (χ1) is 12.0. The second kappa shape index (κ2) is 8.09. The van der Waals surface area contributed by atoms with Crippen LogP contribution in [-0.2, 0) is 9.59 Å². The van der Waals surface area contributed by atoms with Crippen molar-refractivity contribution in [3.05, 3.63) is 0 Å². The first-order valence-corrected chi connectivity index (χ1v) is 10.6. The molecule has 0 unspecified atom stereocenters. The summed E-state index contributed by atoms with van der Waals surface area (Å²) in [5, 5.41) is 0. The first kappa shape index (κ1) is 18.7. The Hall–Kier alpha value is -1.06. The third-order valence-electron chi connectivity index (χ3n) is 6.96. The number of piperidine rings is 2. The number of amides is 2. The van der Waals surface area contributed by atoms with Crippen molar-refractivity contribution in [2.45, 2.75) is 103 Å². The highest BCUT2D eigenvalue weighted by Crippen LogP contribution is 2.45. The molecule has 2 heterocycles. The van der Waals surface area contributed by atoms with Crippen molar-refractivity contribution in [1.82, 2.24) is 9.80 Å². The molecule has 0 aromatic carbocycles. The smallest absolute Gasteiger partial charge is 0.223 e. The molecule has 2 saturated heterocycles. The van der Waals surface area contributed by atoms with Crippen LogP contribution in [0, 0.1) is 5.41 Å². The van der Waals surface area contributed by atoms with E-state index in [9.17, 15) is 9.59 Å². The molecule has 3 aliphatic rings. The van der Waals surface area contributed by atoms with Crippen molar-refractivity contribution in [2.24, 2.45) is 5.41 Å². The highest BCUT2D eigenvalue weighted by atomic mass is 16.2. The van der Waals surface area contributed by atoms with Crippen molar-refractivity contribution in [3.8, 4) is 0 Å². The maximum Gasteiger partial charge on any atom is 0.223 e. The van der Waals surface area contributed by atoms with Crippen LogP contribution in [0.5, 0.6) is 0 Å². The van der Waals surface area contributed by atoms with Crippen molar-refractivity contribution in [2.75, 3.05) is 13.1 Å². The molecule has 4 heteroatoms. The van der Waals surface area contributed by atoms with E-state index in [0.29, 0.717) is 36.7 Å². The van der Waals surface area contributed by atoms with Crippen LogP contribution >= 0.6 is 0 Å². The molecule has 1 aliphatic carbocycles. The van der Waals surface area contributed by atoms with Crippen LogP contribution in [0.25, 0.3) is 0 Å². The Morgan fingerprint density at radius 2 is 1.20 bits per heavy atom. The summed E-state index contributed by atoms with van der Waals surface area (Å²) in [6.45, 7) is 6.18. The summed E-state index contributed by atoms with van der Waals surface area (Å²) >= 11 is 0. The van der Waals surface area contributed by atoms with Crippen LogP contribution < -0.4 is 0 Å². The third kappa shape index (κ3) is 4.38. The highest BCUT2D eigenvalue weighted by molar-refractivity contribution is 5.81. The number of carbonyl (C=O) groups excluding carboxylic acids is 2. The van der Waals surface area contributed by atoms with Crippen molar-refractivity contribution in [1.29, 1.82) is 0 Å². The van der Waals surface area contributed by atoms with Gasteiger partial charge in [0.15, 0.2) is 0 Å². The molecular weight excluding hydrogens is 312 g/mol. The van der Waals surface area contributed by atoms with E-state index in [0.717, 1.165) is 51.6 Å². The van der Waals surface area contributed by atoms with Gasteiger partial charge >= 0.3 is 0 Å². The van der Waals surface area contributed by atoms with Crippen LogP contribution in [0.15, 0.2) is 0 Å². The number of nitrogens with zero attached hydrogens (tertiary/aromatic N) is 2. The fourth-order valence-electron chi connectivity index (χ4n) is 5.32. The van der Waals surface area contributed by atoms with Gasteiger partial charge < -0.3 is 9.80 Å². The summed E-state index contributed by atoms with van der Waals surface area (Å²) in [5.41, 5.74) is -0.0670. The summed E-state index contributed by atoms with van der Waals surface area (Å²) in [7, 11) is 0. The van der Waals surface area contributed by atoms with Crippen LogP contribution in [0.2, 0.25) is 0 Å². The van der Waals surface area contributed by atoms with E-state index in [4.69, 9.17) is 0 Å². The summed E-state index contributed by atoms with van der Waals surface area (Å²) in [5.74, 6) is 0.599. The maximum atomic E-state index is 13.0. The third-order valence-corrected chi connectivity index (χ3v) is 6.96. The summed E-state index contributed by atoms with van der Waals surface area (Å²) in [6, 6.07) is 0.745. The lowest BCUT2D eigenvalue weighted by atomic mass is 9.78. The predicted octanol–water partition coefficient (Wildman–Crippen LogP) is 4.13. The maximum absolute atomic E-state index is 13.0. The standard InChI is InChI=1S/C21H36N2O2/c1-17-9-3-7-13-22(17)19(24)15-21(11-5-6-12-21)16-20(25)23-14-8-4-10-18(23)2/h17-18H,3-16H2,1-2H3/t17-,18-/m1/s1. The molecule has 0 radical (unpaired) electrons. The van der Waals surface area contributed by atoms with Crippen molar-refractivity contribution >= 4 is 11.8 Å². The Morgan fingerprint density at radius 1 is 0.760 bits per heavy atom. The summed E-state index contributed by atoms with van der Waals surface area (Å²) in [4.78, 5) is 30.2. The SMILES string of the molecule is C[C@@H]1CCCCN1C(=O)CC1(CC(=O)N2CCCC[C@H]2C)CCCC1. The van der Waals surface area contributed by atoms with E-state index >= 15 is 0 Å². The second-order valence-corrected chi connectivity index (χ2v) is 8.92. The Bertz CT molecular complexity index is 446. The number of rotatable bonds is 4. The monoisotopic (exact) mass is 348 g/mol. The van der Waals surface area contributed by atoms with Crippen LogP contribution in [0.4, 0.5) is 0 Å². The molecule has 2 amide bonds. The molecule has 0 N–H and O–H groups in total. The van der Waals surface area contributed by atoms with Gasteiger partial charge in [0.25, 0.3) is 0 Å². The predicted molar refractivity (Wildman–Crippen MR) is 100 cm³/mol. The largest absolute Gasteiger partial charge is 0.340 e. The lowest BCUT2D eigenvalue weighted by Gasteiger charge is -2.39. The van der Waals surface area contributed by atoms with Gasteiger partial charge in [-0.15, -0.1) is 0 Å². The Morgan fingerprint density at radius 3 is 1.60 bits per heavy atom. The minimum Gasteiger partial charge on any atom is -0.340 e. The zero-order chi connectivity index (χ0) is 17.9. The van der Waals surface area contributed by atoms with Gasteiger partial charge in [0.1, 0.15) is 0 Å². The average Bonchev–Trinajstić information content (AvgIpc) is 3.03. The lowest BCUT2D eigenvalue weighted by Crippen LogP contribution is -2.46. The molecule has 25 heavy (non-hydrogen) atoms. The van der Waals surface area contributed by atoms with Crippen LogP contribution in [-0.4, -0.2) is 46.8 Å². The van der Waals surface area contributed by atoms with Gasteiger partial charge in [0.2, 0.25) is 11.8 Å². The number of hydrogen-bond donors (Lipinski definition) is 0. The molecule has 2 atom stereocenters. The summed E-state index contributed by atoms with van der Waals surface area (Å²) < 4.78 is 0. The highest BCUT2D eigenvalue weighted by Gasteiger charge is 2.41. The average molecular weight is 349 g/mol. The Balaban J connectivity index is 1.64. The topological polar surface area (TPSA) is 40.6 Å². The first-order valence-electron chi connectivity index (χ1n) is 10.6. The van der Waals surface area contributed by atoms with Gasteiger partial charge in [-0.05, 0) is 70.6 Å². The molecule has 1 saturated carbocycles. The van der Waals surface area contributed by atoms with Gasteiger partial charge in [-0.3, -0.25) is 9.59 Å². The number of likely N-dealkylation sites (tertiary alicyclic amines) is 2. The summed E-state index contributed by atoms with van der Waals surface area (Å²) in [6.07, 6.45) is 12.6. The van der Waals surface area contributed by atoms with E-state index in [2.05, 4.69) is 23.6 Å².